The number of benzene rings is 2. The summed E-state index contributed by atoms with van der Waals surface area (Å²) in [4.78, 5) is 28.2. The molecule has 168 valence electrons. The van der Waals surface area contributed by atoms with Crippen LogP contribution in [0.1, 0.15) is 26.4 Å². The van der Waals surface area contributed by atoms with Gasteiger partial charge in [0.25, 0.3) is 11.8 Å². The smallest absolute Gasteiger partial charge is 0.416 e. The van der Waals surface area contributed by atoms with Crippen molar-refractivity contribution < 1.29 is 27.5 Å². The van der Waals surface area contributed by atoms with Crippen LogP contribution in [0.3, 0.4) is 0 Å². The van der Waals surface area contributed by atoms with E-state index in [0.717, 1.165) is 12.1 Å². The number of anilines is 1. The van der Waals surface area contributed by atoms with E-state index in [0.29, 0.717) is 17.0 Å². The summed E-state index contributed by atoms with van der Waals surface area (Å²) in [6.07, 6.45) is -3.08. The van der Waals surface area contributed by atoms with Crippen LogP contribution in [0.15, 0.2) is 60.8 Å². The molecule has 0 aliphatic carbocycles. The number of hydrogen-bond acceptors (Lipinski definition) is 5. The molecule has 0 spiro atoms. The quantitative estimate of drug-likeness (QED) is 0.414. The van der Waals surface area contributed by atoms with Crippen molar-refractivity contribution in [1.29, 1.82) is 0 Å². The zero-order valence-electron chi connectivity index (χ0n) is 17.0. The normalized spacial score (nSPS) is 11.3. The van der Waals surface area contributed by atoms with E-state index in [4.69, 9.17) is 4.74 Å². The van der Waals surface area contributed by atoms with Crippen LogP contribution in [0.25, 0.3) is 10.9 Å². The van der Waals surface area contributed by atoms with Gasteiger partial charge in [-0.1, -0.05) is 0 Å². The number of carbonyl (C=O) groups excluding carboxylic acids is 2. The summed E-state index contributed by atoms with van der Waals surface area (Å²) in [5.74, 6) is -0.149. The minimum Gasteiger partial charge on any atom is -0.457 e. The number of ether oxygens (including phenoxy) is 1. The Labute approximate surface area is 184 Å². The maximum atomic E-state index is 13.0. The third-order valence-corrected chi connectivity index (χ3v) is 4.67. The second-order valence-electron chi connectivity index (χ2n) is 6.87. The first-order chi connectivity index (χ1) is 15.7. The van der Waals surface area contributed by atoms with Crippen molar-refractivity contribution in [2.24, 2.45) is 0 Å². The molecule has 4 rings (SSSR count). The van der Waals surface area contributed by atoms with E-state index < -0.39 is 17.6 Å². The van der Waals surface area contributed by atoms with E-state index in [2.05, 4.69) is 25.8 Å². The number of halogens is 3. The Balaban J connectivity index is 1.49. The van der Waals surface area contributed by atoms with E-state index in [-0.39, 0.29) is 28.4 Å². The molecule has 11 heteroatoms. The fourth-order valence-electron chi connectivity index (χ4n) is 3.00. The number of amides is 2. The van der Waals surface area contributed by atoms with Gasteiger partial charge < -0.3 is 15.4 Å². The van der Waals surface area contributed by atoms with Crippen molar-refractivity contribution in [3.63, 3.8) is 0 Å². The SMILES string of the molecule is CNC(=O)c1cc(Oc2ccc(C(=O)Nc3n[nH]c4ccc(C(F)(F)F)cc34)cc2)ccn1. The number of aromatic nitrogens is 3. The van der Waals surface area contributed by atoms with Crippen LogP contribution in [-0.2, 0) is 6.18 Å². The lowest BCUT2D eigenvalue weighted by atomic mass is 10.1. The summed E-state index contributed by atoms with van der Waals surface area (Å²) in [5, 5.41) is 11.6. The Morgan fingerprint density at radius 3 is 2.42 bits per heavy atom. The minimum atomic E-state index is -4.52. The highest BCUT2D eigenvalue weighted by Crippen LogP contribution is 2.33. The molecule has 0 unspecified atom stereocenters. The van der Waals surface area contributed by atoms with Gasteiger partial charge in [0, 0.05) is 30.3 Å². The first kappa shape index (κ1) is 21.8. The van der Waals surface area contributed by atoms with E-state index in [1.807, 2.05) is 0 Å². The lowest BCUT2D eigenvalue weighted by Crippen LogP contribution is -2.18. The van der Waals surface area contributed by atoms with E-state index in [9.17, 15) is 22.8 Å². The molecule has 0 radical (unpaired) electrons. The molecule has 0 atom stereocenters. The number of alkyl halides is 3. The predicted octanol–water partition coefficient (Wildman–Crippen LogP) is 4.38. The van der Waals surface area contributed by atoms with Crippen molar-refractivity contribution in [3.8, 4) is 11.5 Å². The molecule has 0 saturated carbocycles. The zero-order valence-corrected chi connectivity index (χ0v) is 17.0. The Morgan fingerprint density at radius 1 is 0.970 bits per heavy atom. The summed E-state index contributed by atoms with van der Waals surface area (Å²) in [5.41, 5.74) is -0.0585. The molecule has 4 aromatic rings. The van der Waals surface area contributed by atoms with Gasteiger partial charge in [-0.3, -0.25) is 19.7 Å². The molecule has 3 N–H and O–H groups in total. The number of carbonyl (C=O) groups is 2. The zero-order chi connectivity index (χ0) is 23.6. The second-order valence-corrected chi connectivity index (χ2v) is 6.87. The first-order valence-corrected chi connectivity index (χ1v) is 9.57. The highest BCUT2D eigenvalue weighted by molar-refractivity contribution is 6.08. The van der Waals surface area contributed by atoms with Gasteiger partial charge in [-0.25, -0.2) is 0 Å². The molecule has 2 amide bonds. The third kappa shape index (κ3) is 4.76. The van der Waals surface area contributed by atoms with Crippen molar-refractivity contribution >= 4 is 28.5 Å². The molecule has 2 heterocycles. The monoisotopic (exact) mass is 455 g/mol. The lowest BCUT2D eigenvalue weighted by molar-refractivity contribution is -0.137. The number of H-pyrrole nitrogens is 1. The van der Waals surface area contributed by atoms with Crippen molar-refractivity contribution in [3.05, 3.63) is 77.6 Å². The topological polar surface area (TPSA) is 109 Å². The number of rotatable bonds is 5. The number of hydrogen-bond donors (Lipinski definition) is 3. The van der Waals surface area contributed by atoms with Gasteiger partial charge >= 0.3 is 6.18 Å². The first-order valence-electron chi connectivity index (χ1n) is 9.57. The summed E-state index contributed by atoms with van der Waals surface area (Å²) < 4.78 is 44.7. The summed E-state index contributed by atoms with van der Waals surface area (Å²) in [6.45, 7) is 0. The average Bonchev–Trinajstić information content (AvgIpc) is 3.20. The molecule has 0 aliphatic rings. The van der Waals surface area contributed by atoms with Gasteiger partial charge in [0.2, 0.25) is 0 Å². The van der Waals surface area contributed by atoms with Crippen LogP contribution in [0.4, 0.5) is 19.0 Å². The number of aromatic amines is 1. The Morgan fingerprint density at radius 2 is 1.73 bits per heavy atom. The van der Waals surface area contributed by atoms with E-state index in [1.165, 1.54) is 37.5 Å². The van der Waals surface area contributed by atoms with Crippen LogP contribution in [0.5, 0.6) is 11.5 Å². The van der Waals surface area contributed by atoms with Crippen molar-refractivity contribution in [2.45, 2.75) is 6.18 Å². The standard InChI is InChI=1S/C22H16F3N5O3/c1-26-21(32)18-11-15(8-9-27-18)33-14-5-2-12(3-6-14)20(31)28-19-16-10-13(22(23,24)25)4-7-17(16)29-30-19/h2-11H,1H3,(H,26,32)(H2,28,29,30,31). The molecule has 0 fully saturated rings. The van der Waals surface area contributed by atoms with Gasteiger partial charge in [0.15, 0.2) is 5.82 Å². The highest BCUT2D eigenvalue weighted by Gasteiger charge is 2.31. The third-order valence-electron chi connectivity index (χ3n) is 4.67. The molecular formula is C22H16F3N5O3. The fourth-order valence-corrected chi connectivity index (χ4v) is 3.00. The van der Waals surface area contributed by atoms with E-state index >= 15 is 0 Å². The fraction of sp³-hybridized carbons (Fsp3) is 0.0909. The highest BCUT2D eigenvalue weighted by atomic mass is 19.4. The number of fused-ring (bicyclic) bond motifs is 1. The van der Waals surface area contributed by atoms with Gasteiger partial charge in [0.05, 0.1) is 11.1 Å². The maximum absolute atomic E-state index is 13.0. The second kappa shape index (κ2) is 8.61. The predicted molar refractivity (Wildman–Crippen MR) is 113 cm³/mol. The molecule has 2 aromatic heterocycles. The molecule has 0 saturated heterocycles. The molecule has 8 nitrogen and oxygen atoms in total. The van der Waals surface area contributed by atoms with Crippen molar-refractivity contribution in [1.82, 2.24) is 20.5 Å². The maximum Gasteiger partial charge on any atom is 0.416 e. The summed E-state index contributed by atoms with van der Waals surface area (Å²) in [7, 11) is 1.49. The van der Waals surface area contributed by atoms with Gasteiger partial charge in [-0.15, -0.1) is 0 Å². The van der Waals surface area contributed by atoms with Gasteiger partial charge in [-0.05, 0) is 48.5 Å². The lowest BCUT2D eigenvalue weighted by Gasteiger charge is -2.08. The molecule has 0 bridgehead atoms. The van der Waals surface area contributed by atoms with Gasteiger partial charge in [-0.2, -0.15) is 18.3 Å². The number of nitrogens with zero attached hydrogens (tertiary/aromatic N) is 2. The van der Waals surface area contributed by atoms with E-state index in [1.54, 1.807) is 18.2 Å². The average molecular weight is 455 g/mol. The van der Waals surface area contributed by atoms with Crippen LogP contribution in [-0.4, -0.2) is 34.0 Å². The number of pyridine rings is 1. The van der Waals surface area contributed by atoms with Crippen molar-refractivity contribution in [2.75, 3.05) is 12.4 Å². The van der Waals surface area contributed by atoms with Crippen LogP contribution in [0.2, 0.25) is 0 Å². The van der Waals surface area contributed by atoms with Crippen LogP contribution < -0.4 is 15.4 Å². The molecule has 2 aromatic carbocycles. The molecular weight excluding hydrogens is 439 g/mol. The minimum absolute atomic E-state index is 0.0139. The van der Waals surface area contributed by atoms with Crippen LogP contribution >= 0.6 is 0 Å². The Kier molecular flexibility index (Phi) is 5.69. The molecule has 0 aliphatic heterocycles. The van der Waals surface area contributed by atoms with Gasteiger partial charge in [0.1, 0.15) is 17.2 Å². The largest absolute Gasteiger partial charge is 0.457 e. The Bertz CT molecular complexity index is 1330. The molecule has 33 heavy (non-hydrogen) atoms. The Hall–Kier alpha value is -4.41. The number of nitrogens with one attached hydrogen (secondary N) is 3. The van der Waals surface area contributed by atoms with Crippen LogP contribution in [0, 0.1) is 0 Å². The summed E-state index contributed by atoms with van der Waals surface area (Å²) >= 11 is 0. The summed E-state index contributed by atoms with van der Waals surface area (Å²) in [6, 6.07) is 12.2.